The van der Waals surface area contributed by atoms with E-state index in [1.54, 1.807) is 17.0 Å². The van der Waals surface area contributed by atoms with Crippen LogP contribution >= 0.6 is 0 Å². The summed E-state index contributed by atoms with van der Waals surface area (Å²) < 4.78 is 4.77. The predicted molar refractivity (Wildman–Crippen MR) is 260 cm³/mol. The molecule has 10 nitrogen and oxygen atoms in total. The molecule has 0 bridgehead atoms. The first-order valence-electron chi connectivity index (χ1n) is 25.3. The van der Waals surface area contributed by atoms with Crippen molar-refractivity contribution in [1.82, 2.24) is 0 Å². The van der Waals surface area contributed by atoms with Crippen LogP contribution in [-0.4, -0.2) is 75.7 Å². The number of aliphatic hydroxyl groups is 4. The van der Waals surface area contributed by atoms with Crippen LogP contribution in [0.1, 0.15) is 212 Å². The topological polar surface area (TPSA) is 154 Å². The molecular weight excluding hydrogens is 793 g/mol. The van der Waals surface area contributed by atoms with Gasteiger partial charge in [0.1, 0.15) is 23.8 Å². The number of ether oxygens (including phenoxy) is 1. The maximum Gasteiger partial charge on any atom is 0.325 e. The van der Waals surface area contributed by atoms with Crippen molar-refractivity contribution in [2.24, 2.45) is 0 Å². The summed E-state index contributed by atoms with van der Waals surface area (Å²) in [5.41, 5.74) is -2.34. The Morgan fingerprint density at radius 1 is 0.524 bits per heavy atom. The second kappa shape index (κ2) is 29.9. The zero-order valence-corrected chi connectivity index (χ0v) is 40.0. The first-order chi connectivity index (χ1) is 30.5. The average molecular weight is 881 g/mol. The van der Waals surface area contributed by atoms with Crippen molar-refractivity contribution in [1.29, 1.82) is 0 Å². The molecule has 1 aliphatic rings. The molecule has 2 aromatic carbocycles. The monoisotopic (exact) mass is 881 g/mol. The molecule has 0 fully saturated rings. The van der Waals surface area contributed by atoms with Gasteiger partial charge in [-0.2, -0.15) is 0 Å². The summed E-state index contributed by atoms with van der Waals surface area (Å²) in [6.07, 6.45) is 36.2. The second-order valence-electron chi connectivity index (χ2n) is 18.3. The van der Waals surface area contributed by atoms with Crippen LogP contribution < -0.4 is 9.80 Å². The Labute approximate surface area is 381 Å². The van der Waals surface area contributed by atoms with E-state index in [1.807, 2.05) is 6.92 Å². The third-order valence-corrected chi connectivity index (χ3v) is 13.3. The van der Waals surface area contributed by atoms with Crippen molar-refractivity contribution < 1.29 is 40.2 Å². The molecule has 10 heteroatoms. The van der Waals surface area contributed by atoms with E-state index in [1.165, 1.54) is 185 Å². The SMILES string of the molecule is CCCCCCCCCCCCCCCCN(CCCCCCCCCCCCCCCC)c1ccc(C2(O)C(O)=C(c3ccc(N(CC)CC(=O)OC)cc3O)C2(O)O)c(O)c1. The molecule has 0 radical (unpaired) electrons. The summed E-state index contributed by atoms with van der Waals surface area (Å²) in [6, 6.07) is 9.02. The molecule has 0 aromatic heterocycles. The molecule has 0 spiro atoms. The van der Waals surface area contributed by atoms with Crippen LogP contribution in [0.5, 0.6) is 11.5 Å². The molecule has 0 saturated heterocycles. The fraction of sp³-hybridized carbons (Fsp3) is 0.717. The Kier molecular flexibility index (Phi) is 25.5. The van der Waals surface area contributed by atoms with E-state index < -0.39 is 34.4 Å². The average Bonchev–Trinajstić information content (AvgIpc) is 3.27. The number of benzene rings is 2. The van der Waals surface area contributed by atoms with Gasteiger partial charge in [0.05, 0.1) is 12.7 Å². The van der Waals surface area contributed by atoms with Gasteiger partial charge in [0.15, 0.2) is 0 Å². The van der Waals surface area contributed by atoms with Gasteiger partial charge in [-0.3, -0.25) is 4.79 Å². The number of aliphatic hydroxyl groups excluding tert-OH is 1. The Balaban J connectivity index is 1.61. The number of likely N-dealkylation sites (N-methyl/N-ethyl adjacent to an activating group) is 1. The Hall–Kier alpha value is -3.47. The molecule has 1 aliphatic carbocycles. The number of anilines is 2. The molecule has 63 heavy (non-hydrogen) atoms. The molecule has 0 amide bonds. The van der Waals surface area contributed by atoms with Gasteiger partial charge in [-0.05, 0) is 44.0 Å². The van der Waals surface area contributed by atoms with Gasteiger partial charge in [0.25, 0.3) is 0 Å². The Bertz CT molecular complexity index is 1580. The number of hydrogen-bond donors (Lipinski definition) is 6. The number of esters is 1. The third kappa shape index (κ3) is 16.8. The van der Waals surface area contributed by atoms with E-state index in [2.05, 4.69) is 18.7 Å². The quantitative estimate of drug-likeness (QED) is 0.0220. The molecule has 358 valence electrons. The van der Waals surface area contributed by atoms with Crippen LogP contribution in [0.25, 0.3) is 5.57 Å². The molecule has 3 rings (SSSR count). The van der Waals surface area contributed by atoms with Gasteiger partial charge < -0.3 is 45.2 Å². The number of nitrogens with zero attached hydrogens (tertiary/aromatic N) is 2. The van der Waals surface area contributed by atoms with E-state index in [9.17, 15) is 35.4 Å². The van der Waals surface area contributed by atoms with Crippen LogP contribution in [0.4, 0.5) is 11.4 Å². The standard InChI is InChI=1S/C53H88N2O8/c1-5-8-10-12-14-16-18-20-22-24-26-28-30-32-38-55(39-33-31-29-27-25-23-21-19-17-15-13-11-9-6-2)44-35-37-46(48(57)41-44)52(60)51(59)50(53(52,61)62)45-36-34-43(40-47(45)56)54(7-3)42-49(58)63-4/h34-37,40-41,56-57,59-62H,5-33,38-39,42H2,1-4H3. The minimum atomic E-state index is -3.05. The van der Waals surface area contributed by atoms with E-state index in [0.717, 1.165) is 44.5 Å². The fourth-order valence-corrected chi connectivity index (χ4v) is 9.18. The molecule has 6 N–H and O–H groups in total. The van der Waals surface area contributed by atoms with Gasteiger partial charge in [0.2, 0.25) is 11.4 Å². The molecule has 0 saturated carbocycles. The summed E-state index contributed by atoms with van der Waals surface area (Å²) in [5.74, 6) is -5.07. The van der Waals surface area contributed by atoms with Crippen molar-refractivity contribution in [2.45, 2.75) is 212 Å². The third-order valence-electron chi connectivity index (χ3n) is 13.3. The van der Waals surface area contributed by atoms with Crippen molar-refractivity contribution in [3.63, 3.8) is 0 Å². The van der Waals surface area contributed by atoms with Crippen LogP contribution in [-0.2, 0) is 15.1 Å². The van der Waals surface area contributed by atoms with Crippen molar-refractivity contribution in [3.8, 4) is 11.5 Å². The number of unbranched alkanes of at least 4 members (excludes halogenated alkanes) is 26. The lowest BCUT2D eigenvalue weighted by Gasteiger charge is -2.49. The van der Waals surface area contributed by atoms with E-state index in [4.69, 9.17) is 4.74 Å². The molecule has 0 heterocycles. The minimum Gasteiger partial charge on any atom is -0.508 e. The first-order valence-corrected chi connectivity index (χ1v) is 25.3. The highest BCUT2D eigenvalue weighted by atomic mass is 16.5. The number of methoxy groups -OCH3 is 1. The zero-order valence-electron chi connectivity index (χ0n) is 40.0. The summed E-state index contributed by atoms with van der Waals surface area (Å²) in [5, 5.41) is 68.0. The summed E-state index contributed by atoms with van der Waals surface area (Å²) in [4.78, 5) is 15.8. The second-order valence-corrected chi connectivity index (χ2v) is 18.3. The number of phenolic OH excluding ortho intramolecular Hbond substituents is 2. The lowest BCUT2D eigenvalue weighted by atomic mass is 9.66. The Morgan fingerprint density at radius 2 is 0.905 bits per heavy atom. The predicted octanol–water partition coefficient (Wildman–Crippen LogP) is 12.7. The largest absolute Gasteiger partial charge is 0.508 e. The lowest BCUT2D eigenvalue weighted by Crippen LogP contribution is -2.62. The zero-order chi connectivity index (χ0) is 45.9. The van der Waals surface area contributed by atoms with Gasteiger partial charge in [-0.15, -0.1) is 0 Å². The van der Waals surface area contributed by atoms with Gasteiger partial charge >= 0.3 is 5.97 Å². The summed E-state index contributed by atoms with van der Waals surface area (Å²) in [6.45, 7) is 8.38. The number of phenols is 2. The molecular formula is C53H88N2O8. The van der Waals surface area contributed by atoms with E-state index in [0.29, 0.717) is 12.2 Å². The Morgan fingerprint density at radius 3 is 1.27 bits per heavy atom. The molecule has 0 aliphatic heterocycles. The maximum atomic E-state index is 11.9. The molecule has 1 atom stereocenters. The highest BCUT2D eigenvalue weighted by molar-refractivity contribution is 5.87. The summed E-state index contributed by atoms with van der Waals surface area (Å²) >= 11 is 0. The van der Waals surface area contributed by atoms with Crippen molar-refractivity contribution >= 4 is 22.9 Å². The highest BCUT2D eigenvalue weighted by Crippen LogP contribution is 2.58. The van der Waals surface area contributed by atoms with Crippen LogP contribution in [0.3, 0.4) is 0 Å². The van der Waals surface area contributed by atoms with Crippen LogP contribution in [0.15, 0.2) is 42.2 Å². The van der Waals surface area contributed by atoms with Gasteiger partial charge in [-0.25, -0.2) is 0 Å². The molecule has 1 unspecified atom stereocenters. The normalized spacial score (nSPS) is 15.7. The number of hydrogen-bond acceptors (Lipinski definition) is 10. The van der Waals surface area contributed by atoms with E-state index in [-0.39, 0.29) is 23.4 Å². The number of carbonyl (C=O) groups is 1. The summed E-state index contributed by atoms with van der Waals surface area (Å²) in [7, 11) is 1.29. The van der Waals surface area contributed by atoms with Crippen LogP contribution in [0, 0.1) is 0 Å². The number of rotatable bonds is 37. The fourth-order valence-electron chi connectivity index (χ4n) is 9.18. The van der Waals surface area contributed by atoms with Gasteiger partial charge in [0, 0.05) is 54.3 Å². The van der Waals surface area contributed by atoms with Crippen LogP contribution in [0.2, 0.25) is 0 Å². The lowest BCUT2D eigenvalue weighted by molar-refractivity contribution is -0.259. The van der Waals surface area contributed by atoms with Gasteiger partial charge in [-0.1, -0.05) is 181 Å². The van der Waals surface area contributed by atoms with Crippen molar-refractivity contribution in [3.05, 3.63) is 53.3 Å². The molecule has 2 aromatic rings. The van der Waals surface area contributed by atoms with Crippen molar-refractivity contribution in [2.75, 3.05) is 43.1 Å². The maximum absolute atomic E-state index is 11.9. The van der Waals surface area contributed by atoms with E-state index >= 15 is 0 Å². The minimum absolute atomic E-state index is 0.0605. The number of carbonyl (C=O) groups excluding carboxylic acids is 1. The number of aromatic hydroxyl groups is 2. The highest BCUT2D eigenvalue weighted by Gasteiger charge is 2.67. The first kappa shape index (κ1) is 53.9. The smallest absolute Gasteiger partial charge is 0.325 e.